The molecule has 0 aromatic carbocycles. The van der Waals surface area contributed by atoms with Gasteiger partial charge in [0.2, 0.25) is 0 Å². The van der Waals surface area contributed by atoms with Crippen LogP contribution in [0.5, 0.6) is 0 Å². The molecule has 3 rings (SSSR count). The number of carbonyl (C=O) groups excluding carboxylic acids is 2. The van der Waals surface area contributed by atoms with Crippen molar-refractivity contribution in [2.75, 3.05) is 6.61 Å². The maximum absolute atomic E-state index is 12.4. The van der Waals surface area contributed by atoms with Crippen LogP contribution in [0.15, 0.2) is 0 Å². The van der Waals surface area contributed by atoms with Gasteiger partial charge in [-0.3, -0.25) is 9.59 Å². The Kier molecular flexibility index (Phi) is 2.68. The lowest BCUT2D eigenvalue weighted by molar-refractivity contribution is -0.235. The van der Waals surface area contributed by atoms with Crippen LogP contribution in [-0.2, 0) is 14.3 Å². The van der Waals surface area contributed by atoms with Gasteiger partial charge in [0, 0.05) is 23.2 Å². The minimum atomic E-state index is -1.45. The second-order valence-electron chi connectivity index (χ2n) is 7.19. The lowest BCUT2D eigenvalue weighted by atomic mass is 9.47. The van der Waals surface area contributed by atoms with Gasteiger partial charge in [-0.15, -0.1) is 0 Å². The molecule has 1 heterocycles. The summed E-state index contributed by atoms with van der Waals surface area (Å²) in [6.07, 6.45) is -0.351. The van der Waals surface area contributed by atoms with Gasteiger partial charge in [0.25, 0.3) is 0 Å². The Morgan fingerprint density at radius 2 is 1.90 bits per heavy atom. The van der Waals surface area contributed by atoms with E-state index in [1.165, 1.54) is 0 Å². The molecule has 5 nitrogen and oxygen atoms in total. The van der Waals surface area contributed by atoms with Crippen molar-refractivity contribution in [2.24, 2.45) is 22.7 Å². The maximum Gasteiger partial charge on any atom is 0.306 e. The van der Waals surface area contributed by atoms with Crippen molar-refractivity contribution >= 4 is 11.8 Å². The van der Waals surface area contributed by atoms with Gasteiger partial charge in [-0.05, 0) is 12.3 Å². The summed E-state index contributed by atoms with van der Waals surface area (Å²) in [6, 6.07) is 0. The van der Waals surface area contributed by atoms with Gasteiger partial charge >= 0.3 is 5.97 Å². The van der Waals surface area contributed by atoms with Crippen LogP contribution >= 0.6 is 0 Å². The molecule has 112 valence electrons. The highest BCUT2D eigenvalue weighted by molar-refractivity contribution is 5.86. The zero-order valence-electron chi connectivity index (χ0n) is 12.2. The minimum absolute atomic E-state index is 0.00970. The van der Waals surface area contributed by atoms with Crippen LogP contribution in [-0.4, -0.2) is 40.3 Å². The van der Waals surface area contributed by atoms with Crippen molar-refractivity contribution in [1.29, 1.82) is 0 Å². The molecule has 2 saturated carbocycles. The van der Waals surface area contributed by atoms with E-state index in [1.54, 1.807) is 13.8 Å². The number of cyclic esters (lactones) is 1. The third-order valence-electron chi connectivity index (χ3n) is 6.55. The summed E-state index contributed by atoms with van der Waals surface area (Å²) in [5, 5.41) is 21.9. The number of aliphatic hydroxyl groups excluding tert-OH is 1. The number of aliphatic hydroxyl groups is 2. The molecule has 2 bridgehead atoms. The Hall–Kier alpha value is -0.940. The van der Waals surface area contributed by atoms with Crippen LogP contribution < -0.4 is 0 Å². The number of ketones is 1. The lowest BCUT2D eigenvalue weighted by Gasteiger charge is -2.58. The molecule has 0 unspecified atom stereocenters. The second-order valence-corrected chi connectivity index (χ2v) is 7.19. The van der Waals surface area contributed by atoms with E-state index in [9.17, 15) is 19.8 Å². The smallest absolute Gasteiger partial charge is 0.306 e. The van der Waals surface area contributed by atoms with Gasteiger partial charge in [0.05, 0.1) is 12.5 Å². The van der Waals surface area contributed by atoms with Crippen molar-refractivity contribution in [2.45, 2.75) is 51.7 Å². The average molecular weight is 282 g/mol. The van der Waals surface area contributed by atoms with Gasteiger partial charge in [-0.25, -0.2) is 0 Å². The average Bonchev–Trinajstić information content (AvgIpc) is 2.52. The van der Waals surface area contributed by atoms with Crippen molar-refractivity contribution in [3.8, 4) is 0 Å². The fourth-order valence-electron chi connectivity index (χ4n) is 4.99. The summed E-state index contributed by atoms with van der Waals surface area (Å²) >= 11 is 0. The van der Waals surface area contributed by atoms with E-state index in [2.05, 4.69) is 0 Å². The molecule has 1 aliphatic heterocycles. The van der Waals surface area contributed by atoms with E-state index >= 15 is 0 Å². The SMILES string of the molecule is C[C@@H]1C[C@H](O)[C@@]2(O)[C@]13CC(=O)OC[C@@]2(C)[C@H](C)C(=O)C3. The van der Waals surface area contributed by atoms with Crippen molar-refractivity contribution in [1.82, 2.24) is 0 Å². The molecule has 0 aromatic heterocycles. The first kappa shape index (κ1) is 14.0. The molecule has 0 radical (unpaired) electrons. The number of esters is 1. The number of carbonyl (C=O) groups is 2. The molecule has 0 aromatic rings. The fraction of sp³-hybridized carbons (Fsp3) is 0.867. The van der Waals surface area contributed by atoms with E-state index in [4.69, 9.17) is 4.74 Å². The quantitative estimate of drug-likeness (QED) is 0.638. The van der Waals surface area contributed by atoms with E-state index in [1.807, 2.05) is 6.92 Å². The summed E-state index contributed by atoms with van der Waals surface area (Å²) < 4.78 is 5.27. The highest BCUT2D eigenvalue weighted by Gasteiger charge is 2.76. The molecule has 0 amide bonds. The topological polar surface area (TPSA) is 83.8 Å². The first-order chi connectivity index (χ1) is 9.19. The minimum Gasteiger partial charge on any atom is -0.465 e. The normalized spacial score (nSPS) is 55.1. The standard InChI is InChI=1S/C15H22O5/c1-8-4-11(17)15(19)13(3)7-20-12(18)6-14(8,15)5-10(16)9(13)2/h8-9,11,17,19H,4-7H2,1-3H3/t8-,9-,11+,13+,14-,15+/m1/s1. The summed E-state index contributed by atoms with van der Waals surface area (Å²) in [5.74, 6) is -0.859. The highest BCUT2D eigenvalue weighted by atomic mass is 16.5. The molecule has 3 aliphatic rings. The Bertz CT molecular complexity index is 489. The number of hydrogen-bond acceptors (Lipinski definition) is 5. The molecular weight excluding hydrogens is 260 g/mol. The summed E-state index contributed by atoms with van der Waals surface area (Å²) in [6.45, 7) is 5.42. The largest absolute Gasteiger partial charge is 0.465 e. The summed E-state index contributed by atoms with van der Waals surface area (Å²) in [7, 11) is 0. The molecule has 1 saturated heterocycles. The van der Waals surface area contributed by atoms with Crippen LogP contribution in [0.4, 0.5) is 0 Å². The number of ether oxygens (including phenoxy) is 1. The van der Waals surface area contributed by atoms with E-state index in [0.29, 0.717) is 6.42 Å². The van der Waals surface area contributed by atoms with Crippen molar-refractivity contribution in [3.63, 3.8) is 0 Å². The number of hydrogen-bond donors (Lipinski definition) is 2. The molecule has 3 fully saturated rings. The number of rotatable bonds is 0. The Morgan fingerprint density at radius 1 is 1.25 bits per heavy atom. The number of Topliss-reactive ketones (excluding diaryl/α,β-unsaturated/α-hetero) is 1. The predicted molar refractivity (Wildman–Crippen MR) is 69.6 cm³/mol. The zero-order valence-corrected chi connectivity index (χ0v) is 12.2. The molecule has 6 atom stereocenters. The maximum atomic E-state index is 12.4. The highest BCUT2D eigenvalue weighted by Crippen LogP contribution is 2.67. The second kappa shape index (κ2) is 3.83. The van der Waals surface area contributed by atoms with Gasteiger partial charge in [-0.1, -0.05) is 20.8 Å². The summed E-state index contributed by atoms with van der Waals surface area (Å²) in [5.41, 5.74) is -3.27. The van der Waals surface area contributed by atoms with Crippen LogP contribution in [0.3, 0.4) is 0 Å². The van der Waals surface area contributed by atoms with E-state index in [-0.39, 0.29) is 37.1 Å². The van der Waals surface area contributed by atoms with Gasteiger partial charge in [0.1, 0.15) is 18.0 Å². The van der Waals surface area contributed by atoms with Crippen LogP contribution in [0.25, 0.3) is 0 Å². The first-order valence-corrected chi connectivity index (χ1v) is 7.28. The monoisotopic (exact) mass is 282 g/mol. The van der Waals surface area contributed by atoms with Crippen molar-refractivity contribution in [3.05, 3.63) is 0 Å². The first-order valence-electron chi connectivity index (χ1n) is 7.28. The predicted octanol–water partition coefficient (Wildman–Crippen LogP) is 0.667. The third kappa shape index (κ3) is 1.26. The Morgan fingerprint density at radius 3 is 2.55 bits per heavy atom. The fourth-order valence-corrected chi connectivity index (χ4v) is 4.99. The van der Waals surface area contributed by atoms with Crippen LogP contribution in [0.1, 0.15) is 40.0 Å². The van der Waals surface area contributed by atoms with Crippen molar-refractivity contribution < 1.29 is 24.5 Å². The Labute approximate surface area is 118 Å². The van der Waals surface area contributed by atoms with Gasteiger partial charge in [0.15, 0.2) is 0 Å². The van der Waals surface area contributed by atoms with Crippen LogP contribution in [0, 0.1) is 22.7 Å². The van der Waals surface area contributed by atoms with Gasteiger partial charge < -0.3 is 14.9 Å². The Balaban J connectivity index is 2.27. The lowest BCUT2D eigenvalue weighted by Crippen LogP contribution is -2.69. The van der Waals surface area contributed by atoms with Gasteiger partial charge in [-0.2, -0.15) is 0 Å². The molecule has 2 N–H and O–H groups in total. The molecular formula is C15H22O5. The molecule has 5 heteroatoms. The molecule has 0 spiro atoms. The summed E-state index contributed by atoms with van der Waals surface area (Å²) in [4.78, 5) is 24.4. The van der Waals surface area contributed by atoms with Crippen LogP contribution in [0.2, 0.25) is 0 Å². The zero-order chi connectivity index (χ0) is 14.9. The van der Waals surface area contributed by atoms with E-state index in [0.717, 1.165) is 0 Å². The van der Waals surface area contributed by atoms with E-state index < -0.39 is 28.5 Å². The third-order valence-corrected chi connectivity index (χ3v) is 6.55. The molecule has 20 heavy (non-hydrogen) atoms. The molecule has 2 aliphatic carbocycles.